The van der Waals surface area contributed by atoms with Gasteiger partial charge in [0.05, 0.1) is 6.91 Å². The molecule has 0 radical (unpaired) electrons. The summed E-state index contributed by atoms with van der Waals surface area (Å²) in [6.07, 6.45) is 3.27. The summed E-state index contributed by atoms with van der Waals surface area (Å²) in [5.41, 5.74) is -0.000694. The molecule has 50 valence electrons. The van der Waals surface area contributed by atoms with Crippen molar-refractivity contribution in [2.24, 2.45) is 0 Å². The van der Waals surface area contributed by atoms with E-state index in [-0.39, 0.29) is 5.54 Å². The van der Waals surface area contributed by atoms with E-state index in [1.165, 1.54) is 0 Å². The minimum absolute atomic E-state index is 0.000694. The van der Waals surface area contributed by atoms with Crippen molar-refractivity contribution in [3.05, 3.63) is 18.4 Å². The van der Waals surface area contributed by atoms with Crippen LogP contribution < -0.4 is 0 Å². The van der Waals surface area contributed by atoms with E-state index in [9.17, 15) is 0 Å². The molecule has 0 fully saturated rings. The lowest BCUT2D eigenvalue weighted by atomic mass is 10.1. The second kappa shape index (κ2) is 1.87. The van der Waals surface area contributed by atoms with Gasteiger partial charge in [-0.2, -0.15) is 5.10 Å². The predicted octanol–water partition coefficient (Wildman–Crippen LogP) is 1.64. The molecule has 0 unspecified atom stereocenters. The van der Waals surface area contributed by atoms with Gasteiger partial charge in [0.15, 0.2) is 0 Å². The van der Waals surface area contributed by atoms with Gasteiger partial charge in [0.2, 0.25) is 0 Å². The Hall–Kier alpha value is -0.790. The fourth-order valence-corrected chi connectivity index (χ4v) is 0.600. The van der Waals surface area contributed by atoms with Gasteiger partial charge >= 0.3 is 0 Å². The Kier molecular flexibility index (Phi) is 1.04. The molecule has 0 spiro atoms. The van der Waals surface area contributed by atoms with E-state index in [0.29, 0.717) is 6.04 Å². The second-order valence-corrected chi connectivity index (χ2v) is 3.06. The monoisotopic (exact) mass is 125 g/mol. The third kappa shape index (κ3) is 1.31. The van der Waals surface area contributed by atoms with Gasteiger partial charge in [0.25, 0.3) is 0 Å². The maximum atomic E-state index is 7.21. The summed E-state index contributed by atoms with van der Waals surface area (Å²) in [5, 5.41) is 4.02. The Bertz CT molecular complexity index is 222. The number of hydrogen-bond donors (Lipinski definition) is 0. The molecule has 0 bridgehead atoms. The molecule has 0 atom stereocenters. The molecule has 0 amide bonds. The quantitative estimate of drug-likeness (QED) is 0.515. The summed E-state index contributed by atoms with van der Waals surface area (Å²) in [5.74, 6) is 0. The van der Waals surface area contributed by atoms with Crippen molar-refractivity contribution in [1.82, 2.24) is 9.78 Å². The average Bonchev–Trinajstić information content (AvgIpc) is 2.11. The van der Waals surface area contributed by atoms with Gasteiger partial charge in [-0.1, -0.05) is 0 Å². The molecule has 0 saturated heterocycles. The van der Waals surface area contributed by atoms with Gasteiger partial charge in [0, 0.05) is 12.4 Å². The fraction of sp³-hybridized carbons (Fsp3) is 0.571. The molecule has 0 saturated carbocycles. The van der Waals surface area contributed by atoms with Gasteiger partial charge in [-0.15, -0.1) is 0 Å². The van der Waals surface area contributed by atoms with Gasteiger partial charge in [-0.05, 0) is 26.8 Å². The highest BCUT2D eigenvalue weighted by molar-refractivity contribution is 4.83. The lowest BCUT2D eigenvalue weighted by molar-refractivity contribution is 0.355. The van der Waals surface area contributed by atoms with Gasteiger partial charge < -0.3 is 0 Å². The van der Waals surface area contributed by atoms with Crippen LogP contribution in [0, 0.1) is 0 Å². The second-order valence-electron chi connectivity index (χ2n) is 3.06. The van der Waals surface area contributed by atoms with Crippen LogP contribution >= 0.6 is 0 Å². The number of nitrogens with zero attached hydrogens (tertiary/aromatic N) is 2. The first-order chi connectivity index (χ1) is 4.50. The Balaban J connectivity index is 2.96. The molecular formula is C7H12N2. The molecule has 0 aliphatic rings. The topological polar surface area (TPSA) is 17.8 Å². The maximum Gasteiger partial charge on any atom is 0.0656 e. The molecule has 0 aromatic carbocycles. The zero-order valence-corrected chi connectivity index (χ0v) is 6.05. The maximum absolute atomic E-state index is 7.21. The first kappa shape index (κ1) is 5.03. The molecule has 2 heteroatoms. The van der Waals surface area contributed by atoms with E-state index in [0.717, 1.165) is 0 Å². The number of hydrogen-bond acceptors (Lipinski definition) is 1. The van der Waals surface area contributed by atoms with Crippen molar-refractivity contribution in [1.29, 1.82) is 0 Å². The zero-order valence-electron chi connectivity index (χ0n) is 7.05. The first-order valence-electron chi connectivity index (χ1n) is 3.52. The van der Waals surface area contributed by atoms with Crippen LogP contribution in [0.3, 0.4) is 0 Å². The first-order valence-corrected chi connectivity index (χ1v) is 3.02. The molecule has 9 heavy (non-hydrogen) atoms. The fourth-order valence-electron chi connectivity index (χ4n) is 0.600. The smallest absolute Gasteiger partial charge is 0.0656 e. The normalized spacial score (nSPS) is 13.4. The Morgan fingerprint density at radius 1 is 1.56 bits per heavy atom. The highest BCUT2D eigenvalue weighted by Crippen LogP contribution is 2.09. The van der Waals surface area contributed by atoms with Gasteiger partial charge in [-0.25, -0.2) is 0 Å². The van der Waals surface area contributed by atoms with E-state index in [1.807, 2.05) is 0 Å². The highest BCUT2D eigenvalue weighted by atomic mass is 15.3. The minimum Gasteiger partial charge on any atom is -0.268 e. The minimum atomic E-state index is -0.000694. The summed E-state index contributed by atoms with van der Waals surface area (Å²) in [6.45, 7) is 6.17. The van der Waals surface area contributed by atoms with E-state index in [4.69, 9.17) is 1.37 Å². The third-order valence-electron chi connectivity index (χ3n) is 1.14. The van der Waals surface area contributed by atoms with Crippen molar-refractivity contribution in [2.75, 3.05) is 0 Å². The van der Waals surface area contributed by atoms with Crippen LogP contribution in [-0.2, 0) is 5.54 Å². The van der Waals surface area contributed by atoms with Crippen molar-refractivity contribution < 1.29 is 1.37 Å². The molecule has 1 rings (SSSR count). The lowest BCUT2D eigenvalue weighted by Crippen LogP contribution is -2.21. The molecule has 0 aliphatic heterocycles. The van der Waals surface area contributed by atoms with E-state index in [2.05, 4.69) is 25.9 Å². The Labute approximate surface area is 56.9 Å². The average molecular weight is 125 g/mol. The summed E-state index contributed by atoms with van der Waals surface area (Å²) >= 11 is 0. The van der Waals surface area contributed by atoms with Gasteiger partial charge in [0.1, 0.15) is 0 Å². The summed E-state index contributed by atoms with van der Waals surface area (Å²) < 4.78 is 9.00. The molecule has 1 heterocycles. The van der Waals surface area contributed by atoms with E-state index in [1.54, 1.807) is 17.1 Å². The summed E-state index contributed by atoms with van der Waals surface area (Å²) in [4.78, 5) is 0. The van der Waals surface area contributed by atoms with Gasteiger partial charge in [-0.3, -0.25) is 4.68 Å². The molecule has 0 aliphatic carbocycles. The standard InChI is InChI=1S/C7H12N2/c1-7(2,3)9-6-4-5-8-9/h4-6H,1-3H3/i4D. The van der Waals surface area contributed by atoms with Crippen LogP contribution in [0.15, 0.2) is 18.4 Å². The molecule has 1 aromatic rings. The van der Waals surface area contributed by atoms with Crippen molar-refractivity contribution in [2.45, 2.75) is 26.3 Å². The predicted molar refractivity (Wildman–Crippen MR) is 37.2 cm³/mol. The Morgan fingerprint density at radius 3 is 2.44 bits per heavy atom. The summed E-state index contributed by atoms with van der Waals surface area (Å²) in [6, 6.07) is 0.468. The van der Waals surface area contributed by atoms with Crippen LogP contribution in [0.4, 0.5) is 0 Å². The van der Waals surface area contributed by atoms with Crippen LogP contribution in [-0.4, -0.2) is 9.78 Å². The van der Waals surface area contributed by atoms with Crippen molar-refractivity contribution in [3.63, 3.8) is 0 Å². The number of rotatable bonds is 0. The van der Waals surface area contributed by atoms with Crippen molar-refractivity contribution in [3.8, 4) is 0 Å². The van der Waals surface area contributed by atoms with Crippen LogP contribution in [0.25, 0.3) is 0 Å². The SMILES string of the molecule is [2H]c1cnn(C(C)(C)C)c1. The van der Waals surface area contributed by atoms with Crippen LogP contribution in [0.1, 0.15) is 22.1 Å². The Morgan fingerprint density at radius 2 is 2.22 bits per heavy atom. The van der Waals surface area contributed by atoms with Crippen molar-refractivity contribution >= 4 is 0 Å². The molecule has 0 N–H and O–H groups in total. The zero-order chi connectivity index (χ0) is 7.78. The van der Waals surface area contributed by atoms with Crippen LogP contribution in [0.2, 0.25) is 0 Å². The highest BCUT2D eigenvalue weighted by Gasteiger charge is 2.10. The van der Waals surface area contributed by atoms with E-state index >= 15 is 0 Å². The number of aromatic nitrogens is 2. The lowest BCUT2D eigenvalue weighted by Gasteiger charge is -2.18. The third-order valence-corrected chi connectivity index (χ3v) is 1.14. The molecular weight excluding hydrogens is 112 g/mol. The molecule has 2 nitrogen and oxygen atoms in total. The molecule has 1 aromatic heterocycles. The van der Waals surface area contributed by atoms with Crippen LogP contribution in [0.5, 0.6) is 0 Å². The van der Waals surface area contributed by atoms with E-state index < -0.39 is 0 Å². The summed E-state index contributed by atoms with van der Waals surface area (Å²) in [7, 11) is 0. The largest absolute Gasteiger partial charge is 0.268 e.